The van der Waals surface area contributed by atoms with E-state index in [2.05, 4.69) is 28.9 Å². The van der Waals surface area contributed by atoms with Crippen LogP contribution >= 0.6 is 35.1 Å². The van der Waals surface area contributed by atoms with E-state index in [9.17, 15) is 9.59 Å². The van der Waals surface area contributed by atoms with Crippen molar-refractivity contribution in [2.45, 2.75) is 28.0 Å². The predicted octanol–water partition coefficient (Wildman–Crippen LogP) is 7.39. The molecule has 5 nitrogen and oxygen atoms in total. The SMILES string of the molecule is Cc1ccc(Cl)cc1NC(=O)CSc1cccc(NC(=O)N2c3ccccc3SC3C=CC=CC32)c1. The Morgan fingerprint density at radius 2 is 1.83 bits per heavy atom. The number of carbonyl (C=O) groups excluding carboxylic acids is 2. The predicted molar refractivity (Wildman–Crippen MR) is 152 cm³/mol. The summed E-state index contributed by atoms with van der Waals surface area (Å²) in [5, 5.41) is 6.71. The molecule has 5 rings (SSSR count). The van der Waals surface area contributed by atoms with E-state index in [1.807, 2.05) is 72.5 Å². The van der Waals surface area contributed by atoms with Crippen molar-refractivity contribution in [2.24, 2.45) is 0 Å². The van der Waals surface area contributed by atoms with Crippen LogP contribution in [0.25, 0.3) is 0 Å². The van der Waals surface area contributed by atoms with Crippen molar-refractivity contribution in [1.82, 2.24) is 0 Å². The van der Waals surface area contributed by atoms with Crippen LogP contribution in [0.15, 0.2) is 101 Å². The van der Waals surface area contributed by atoms with Crippen molar-refractivity contribution in [3.05, 3.63) is 102 Å². The lowest BCUT2D eigenvalue weighted by atomic mass is 10.1. The maximum Gasteiger partial charge on any atom is 0.326 e. The van der Waals surface area contributed by atoms with Gasteiger partial charge in [0.2, 0.25) is 5.91 Å². The van der Waals surface area contributed by atoms with Gasteiger partial charge in [0.25, 0.3) is 0 Å². The number of amides is 3. The number of para-hydroxylation sites is 1. The Bertz CT molecular complexity index is 1370. The molecule has 3 amide bonds. The molecule has 2 atom stereocenters. The molecule has 1 aliphatic heterocycles. The van der Waals surface area contributed by atoms with Gasteiger partial charge in [-0.3, -0.25) is 9.69 Å². The van der Waals surface area contributed by atoms with Crippen molar-refractivity contribution in [2.75, 3.05) is 21.3 Å². The number of anilines is 3. The smallest absolute Gasteiger partial charge is 0.325 e. The zero-order valence-corrected chi connectivity index (χ0v) is 21.9. The lowest BCUT2D eigenvalue weighted by Gasteiger charge is -2.40. The van der Waals surface area contributed by atoms with Crippen molar-refractivity contribution < 1.29 is 9.59 Å². The lowest BCUT2D eigenvalue weighted by molar-refractivity contribution is -0.113. The van der Waals surface area contributed by atoms with Gasteiger partial charge in [0.05, 0.1) is 22.7 Å². The molecular weight excluding hydrogens is 510 g/mol. The number of rotatable bonds is 5. The molecule has 0 aromatic heterocycles. The number of halogens is 1. The first kappa shape index (κ1) is 24.6. The first-order chi connectivity index (χ1) is 17.5. The highest BCUT2D eigenvalue weighted by molar-refractivity contribution is 8.00. The van der Waals surface area contributed by atoms with E-state index in [4.69, 9.17) is 11.6 Å². The summed E-state index contributed by atoms with van der Waals surface area (Å²) < 4.78 is 0. The first-order valence-electron chi connectivity index (χ1n) is 11.5. The van der Waals surface area contributed by atoms with E-state index < -0.39 is 0 Å². The number of carbonyl (C=O) groups is 2. The maximum absolute atomic E-state index is 13.5. The molecule has 2 aliphatic rings. The molecular formula is C28H24ClN3O2S2. The third-order valence-corrected chi connectivity index (χ3v) is 8.43. The number of nitrogens with zero attached hydrogens (tertiary/aromatic N) is 1. The van der Waals surface area contributed by atoms with Crippen molar-refractivity contribution in [3.63, 3.8) is 0 Å². The normalized spacial score (nSPS) is 17.8. The van der Waals surface area contributed by atoms with Gasteiger partial charge in [0, 0.05) is 26.2 Å². The second-order valence-corrected chi connectivity index (χ2v) is 11.1. The van der Waals surface area contributed by atoms with E-state index >= 15 is 0 Å². The van der Waals surface area contributed by atoms with E-state index in [1.165, 1.54) is 11.8 Å². The zero-order chi connectivity index (χ0) is 25.1. The van der Waals surface area contributed by atoms with Crippen LogP contribution in [0.4, 0.5) is 21.9 Å². The lowest BCUT2D eigenvalue weighted by Crippen LogP contribution is -2.49. The van der Waals surface area contributed by atoms with Gasteiger partial charge in [-0.1, -0.05) is 60.2 Å². The minimum atomic E-state index is -0.186. The summed E-state index contributed by atoms with van der Waals surface area (Å²) in [7, 11) is 0. The molecule has 0 bridgehead atoms. The van der Waals surface area contributed by atoms with Gasteiger partial charge in [-0.2, -0.15) is 0 Å². The molecule has 2 unspecified atom stereocenters. The number of hydrogen-bond donors (Lipinski definition) is 2. The maximum atomic E-state index is 13.5. The monoisotopic (exact) mass is 533 g/mol. The molecule has 182 valence electrons. The summed E-state index contributed by atoms with van der Waals surface area (Å²) in [5.74, 6) is 0.117. The molecule has 0 saturated carbocycles. The second kappa shape index (κ2) is 10.9. The molecule has 3 aromatic rings. The summed E-state index contributed by atoms with van der Waals surface area (Å²) in [6.45, 7) is 1.92. The van der Waals surface area contributed by atoms with E-state index in [1.54, 1.807) is 23.9 Å². The van der Waals surface area contributed by atoms with Gasteiger partial charge in [-0.15, -0.1) is 23.5 Å². The Morgan fingerprint density at radius 1 is 1.00 bits per heavy atom. The largest absolute Gasteiger partial charge is 0.326 e. The van der Waals surface area contributed by atoms with Gasteiger partial charge in [-0.05, 0) is 55.0 Å². The Kier molecular flexibility index (Phi) is 7.41. The van der Waals surface area contributed by atoms with Crippen LogP contribution in [-0.2, 0) is 4.79 Å². The summed E-state index contributed by atoms with van der Waals surface area (Å²) in [4.78, 5) is 29.8. The molecule has 0 fully saturated rings. The zero-order valence-electron chi connectivity index (χ0n) is 19.5. The van der Waals surface area contributed by atoms with Crippen LogP contribution in [0.2, 0.25) is 5.02 Å². The van der Waals surface area contributed by atoms with Gasteiger partial charge < -0.3 is 10.6 Å². The standard InChI is InChI=1S/C28H24ClN3O2S2/c1-18-13-14-19(29)15-22(18)31-27(33)17-35-21-8-6-7-20(16-21)30-28(34)32-23-9-2-4-11-25(23)36-26-12-5-3-10-24(26)32/h2-16,23,25H,17H2,1H3,(H,30,34)(H,31,33). The highest BCUT2D eigenvalue weighted by Gasteiger charge is 2.36. The Balaban J connectivity index is 1.26. The average molecular weight is 534 g/mol. The first-order valence-corrected chi connectivity index (χ1v) is 13.7. The molecule has 36 heavy (non-hydrogen) atoms. The Morgan fingerprint density at radius 3 is 2.72 bits per heavy atom. The second-order valence-electron chi connectivity index (χ2n) is 8.43. The average Bonchev–Trinajstić information content (AvgIpc) is 2.88. The summed E-state index contributed by atoms with van der Waals surface area (Å²) in [6.07, 6.45) is 8.23. The Hall–Kier alpha value is -3.13. The minimum Gasteiger partial charge on any atom is -0.325 e. The molecule has 0 saturated heterocycles. The molecule has 2 N–H and O–H groups in total. The van der Waals surface area contributed by atoms with Gasteiger partial charge in [0.15, 0.2) is 0 Å². The van der Waals surface area contributed by atoms with Gasteiger partial charge in [0.1, 0.15) is 0 Å². The Labute approximate surface area is 224 Å². The molecule has 1 heterocycles. The number of thioether (sulfide) groups is 2. The highest BCUT2D eigenvalue weighted by atomic mass is 35.5. The summed E-state index contributed by atoms with van der Waals surface area (Å²) in [5.41, 5.74) is 3.24. The van der Waals surface area contributed by atoms with Crippen LogP contribution in [0.3, 0.4) is 0 Å². The molecule has 0 spiro atoms. The summed E-state index contributed by atoms with van der Waals surface area (Å²) in [6, 6.07) is 20.7. The van der Waals surface area contributed by atoms with E-state index in [-0.39, 0.29) is 29.0 Å². The number of urea groups is 1. The number of fused-ring (bicyclic) bond motifs is 2. The number of hydrogen-bond acceptors (Lipinski definition) is 4. The molecule has 1 aliphatic carbocycles. The van der Waals surface area contributed by atoms with Crippen LogP contribution in [0, 0.1) is 6.92 Å². The number of aryl methyl sites for hydroxylation is 1. The van der Waals surface area contributed by atoms with Crippen molar-refractivity contribution >= 4 is 64.1 Å². The van der Waals surface area contributed by atoms with Gasteiger partial charge in [-0.25, -0.2) is 4.79 Å². The van der Waals surface area contributed by atoms with Crippen LogP contribution in [0.5, 0.6) is 0 Å². The van der Waals surface area contributed by atoms with Crippen LogP contribution in [-0.4, -0.2) is 29.0 Å². The van der Waals surface area contributed by atoms with Crippen molar-refractivity contribution in [1.29, 1.82) is 0 Å². The topological polar surface area (TPSA) is 61.4 Å². The highest BCUT2D eigenvalue weighted by Crippen LogP contribution is 2.43. The fourth-order valence-electron chi connectivity index (χ4n) is 4.14. The molecule has 8 heteroatoms. The van der Waals surface area contributed by atoms with Crippen LogP contribution < -0.4 is 15.5 Å². The number of allylic oxidation sites excluding steroid dienone is 2. The quantitative estimate of drug-likeness (QED) is 0.336. The van der Waals surface area contributed by atoms with Crippen LogP contribution in [0.1, 0.15) is 5.56 Å². The minimum absolute atomic E-state index is 0.0638. The molecule has 0 radical (unpaired) electrons. The third kappa shape index (κ3) is 5.48. The van der Waals surface area contributed by atoms with Gasteiger partial charge >= 0.3 is 6.03 Å². The summed E-state index contributed by atoms with van der Waals surface area (Å²) >= 11 is 9.23. The third-order valence-electron chi connectivity index (χ3n) is 5.89. The fourth-order valence-corrected chi connectivity index (χ4v) is 6.32. The van der Waals surface area contributed by atoms with E-state index in [0.717, 1.165) is 21.0 Å². The van der Waals surface area contributed by atoms with Crippen molar-refractivity contribution in [3.8, 4) is 0 Å². The fraction of sp³-hybridized carbons (Fsp3) is 0.143. The number of benzene rings is 3. The molecule has 3 aromatic carbocycles. The van der Waals surface area contributed by atoms with E-state index in [0.29, 0.717) is 16.4 Å². The number of nitrogens with one attached hydrogen (secondary N) is 2.